The van der Waals surface area contributed by atoms with Crippen LogP contribution in [0.4, 0.5) is 8.78 Å². The number of alkyl halides is 2. The maximum atomic E-state index is 18.2. The molecule has 39 nitrogen and oxygen atoms in total. The molecule has 3 aliphatic heterocycles. The van der Waals surface area contributed by atoms with Crippen LogP contribution in [-0.4, -0.2) is 371 Å². The van der Waals surface area contributed by atoms with E-state index in [1.807, 2.05) is 24.0 Å². The molecule has 0 bridgehead atoms. The van der Waals surface area contributed by atoms with E-state index >= 15 is 13.6 Å². The van der Waals surface area contributed by atoms with Gasteiger partial charge in [0.2, 0.25) is 35.4 Å². The number of hydrazine groups is 4. The van der Waals surface area contributed by atoms with E-state index in [1.54, 1.807) is 25.9 Å². The molecule has 41 heteroatoms. The van der Waals surface area contributed by atoms with E-state index in [-0.39, 0.29) is 140 Å². The van der Waals surface area contributed by atoms with Crippen molar-refractivity contribution in [3.05, 3.63) is 46.6 Å². The first kappa shape index (κ1) is 114. The van der Waals surface area contributed by atoms with Gasteiger partial charge in [0.25, 0.3) is 0 Å². The summed E-state index contributed by atoms with van der Waals surface area (Å²) in [4.78, 5) is 129. The summed E-state index contributed by atoms with van der Waals surface area (Å²) in [7, 11) is 8.11. The Morgan fingerprint density at radius 2 is 1.17 bits per heavy atom. The second-order valence-corrected chi connectivity index (χ2v) is 38.5. The van der Waals surface area contributed by atoms with Gasteiger partial charge in [0.15, 0.2) is 41.5 Å². The smallest absolute Gasteiger partial charge is 0.248 e. The van der Waals surface area contributed by atoms with Crippen LogP contribution in [0.5, 0.6) is 0 Å². The Bertz CT molecular complexity index is 3890. The number of likely N-dealkylation sites (N-methyl/N-ethyl adjacent to an activating group) is 2. The van der Waals surface area contributed by atoms with Gasteiger partial charge in [-0.15, -0.1) is 11.1 Å². The van der Waals surface area contributed by atoms with Crippen LogP contribution in [-0.2, 0) is 114 Å². The number of nitrogens with one attached hydrogen (secondary N) is 10. The Labute approximate surface area is 807 Å². The molecule has 1 saturated heterocycles. The first-order valence-corrected chi connectivity index (χ1v) is 50.1. The molecule has 0 radical (unpaired) electrons. The third-order valence-electron chi connectivity index (χ3n) is 27.1. The number of Topliss-reactive ketones (excluding diaryl/α,β-unsaturated/α-hetero) is 2. The van der Waals surface area contributed by atoms with Crippen LogP contribution in [0.25, 0.3) is 0 Å². The van der Waals surface area contributed by atoms with E-state index in [0.29, 0.717) is 157 Å². The second-order valence-electron chi connectivity index (χ2n) is 38.5. The van der Waals surface area contributed by atoms with Crippen molar-refractivity contribution < 1.29 is 133 Å². The zero-order valence-corrected chi connectivity index (χ0v) is 83.1. The molecule has 3 heterocycles. The molecule has 137 heavy (non-hydrogen) atoms. The fourth-order valence-corrected chi connectivity index (χ4v) is 19.7. The third-order valence-corrected chi connectivity index (χ3v) is 27.1. The SMILES string of the molecule is CCCC1O[C@@H]2C[C@H]3[C@@H]4C[C@H](F)C5=CC(=O)C=C[C@]5(C)[C@@]4(F)[C@@H](O)C[C@]3(C)[C@]2(C(=O)CNC(=O)[C@H](C)CC(=O)[C@@H](NC(=O)[C@@H](CCCCNC(=O)COC2CCCCCC3=C2NNN3CCOCCOCCOCCOCCC(=O)NCC[N+](C)(C)C)NC(=O)CCOCCOCCOCCOCCNC(=O)CON2NN(CCOCCOCCOCCNC)C3=C2CCCCCC3)C(C)C)O1. The number of unbranched alkanes of at least 4 members (excludes halogenated alkanes) is 1. The number of halogens is 2. The molecule has 0 aromatic carbocycles. The van der Waals surface area contributed by atoms with Gasteiger partial charge in [-0.05, 0) is 133 Å². The standard InChI is InChI=1S/C96H162F2N14O25/c1-11-21-88-136-83-63-71-72-62-74(97)73-61-70(113)27-30-93(73,5)95(72,98)81(115)64-94(71,6)96(83,137-88)82(116)65-103-91(121)69(4)60-79(114)89(68(2)3)105-92(122)75(22-19-20-31-100-86(119)66-134-80-26-18-14-17-25-78-90(80)106-107-109(78)35-42-127-48-54-133-59-57-129-50-44-123-38-28-84(117)101-32-37-112(8,9)10)104-85(118)29-39-124-45-51-130-56-58-132-53-47-126-41-34-102-87(120)67-135-111-77-24-16-13-12-15-23-76(77)110(108-111)36-43-128-49-55-131-52-46-125-40-33-99-7/h27,30,61,68-69,71-72,74-75,80-81,83,88-89,99,106-108,115H,11-26,28-29,31-60,62-67H2,1-10H3,(H5-,100,101,102,103,104,105,117,118,119,120,121,122)/p+1/t69-,71+,72+,74+,75-,80?,81+,83-,88?,89+,93+,94+,95+,96-/m1/s1. The predicted octanol–water partition coefficient (Wildman–Crippen LogP) is 3.93. The number of hydrogen-bond donors (Lipinski definition) is 11. The van der Waals surface area contributed by atoms with E-state index in [2.05, 4.69) is 74.9 Å². The minimum absolute atomic E-state index is 0.0158. The first-order valence-electron chi connectivity index (χ1n) is 50.1. The van der Waals surface area contributed by atoms with Gasteiger partial charge in [0.1, 0.15) is 24.9 Å². The molecular formula is C96H163F2N14O25+. The van der Waals surface area contributed by atoms with Gasteiger partial charge in [-0.2, -0.15) is 5.17 Å². The summed E-state index contributed by atoms with van der Waals surface area (Å²) in [5.41, 5.74) is 6.72. The summed E-state index contributed by atoms with van der Waals surface area (Å²) < 4.78 is 117. The van der Waals surface area contributed by atoms with Crippen molar-refractivity contribution in [1.82, 2.24) is 68.9 Å². The Kier molecular flexibility index (Phi) is 49.1. The molecule has 14 atom stereocenters. The quantitative estimate of drug-likeness (QED) is 0.0303. The number of allylic oxidation sites excluding steroid dienone is 7. The number of carbonyl (C=O) groups excluding carboxylic acids is 9. The van der Waals surface area contributed by atoms with Crippen molar-refractivity contribution in [2.75, 3.05) is 239 Å². The summed E-state index contributed by atoms with van der Waals surface area (Å²) in [6.07, 6.45) is 9.70. The lowest BCUT2D eigenvalue weighted by Gasteiger charge is -2.63. The number of fused-ring (bicyclic) bond motifs is 7. The van der Waals surface area contributed by atoms with Gasteiger partial charge in [0.05, 0.1) is 240 Å². The number of rotatable bonds is 69. The molecule has 6 amide bonds. The summed E-state index contributed by atoms with van der Waals surface area (Å²) in [6, 6.07) is -2.28. The number of aliphatic hydroxyl groups excluding tert-OH is 1. The molecule has 4 fully saturated rings. The minimum atomic E-state index is -2.42. The predicted molar refractivity (Wildman–Crippen MR) is 500 cm³/mol. The van der Waals surface area contributed by atoms with E-state index in [0.717, 1.165) is 111 Å². The molecule has 3 saturated carbocycles. The average Bonchev–Trinajstić information content (AvgIpc) is 1.51. The fourth-order valence-electron chi connectivity index (χ4n) is 19.7. The Balaban J connectivity index is 0.688. The van der Waals surface area contributed by atoms with Crippen LogP contribution in [0.15, 0.2) is 46.6 Å². The minimum Gasteiger partial charge on any atom is -0.390 e. The van der Waals surface area contributed by atoms with Gasteiger partial charge < -0.3 is 119 Å². The fraction of sp³-hybridized carbons (Fsp3) is 0.823. The van der Waals surface area contributed by atoms with Gasteiger partial charge in [-0.1, -0.05) is 72.8 Å². The Morgan fingerprint density at radius 1 is 0.613 bits per heavy atom. The lowest BCUT2D eigenvalue weighted by Crippen LogP contribution is -2.71. The van der Waals surface area contributed by atoms with Gasteiger partial charge in [-0.3, -0.25) is 53.2 Å². The number of amides is 6. The van der Waals surface area contributed by atoms with Crippen molar-refractivity contribution in [2.24, 2.45) is 34.5 Å². The van der Waals surface area contributed by atoms with Crippen molar-refractivity contribution in [2.45, 2.75) is 237 Å². The molecular weight excluding hydrogens is 1790 g/mol. The summed E-state index contributed by atoms with van der Waals surface area (Å²) in [6.45, 7) is 21.0. The number of quaternary nitrogens is 1. The van der Waals surface area contributed by atoms with E-state index in [1.165, 1.54) is 26.0 Å². The molecule has 2 unspecified atom stereocenters. The number of ketones is 3. The summed E-state index contributed by atoms with van der Waals surface area (Å²) >= 11 is 0. The van der Waals surface area contributed by atoms with E-state index in [9.17, 15) is 43.5 Å². The zero-order chi connectivity index (χ0) is 98.6. The highest BCUT2D eigenvalue weighted by Gasteiger charge is 2.80. The van der Waals surface area contributed by atoms with Crippen LogP contribution >= 0.6 is 0 Å². The number of hydrogen-bond acceptors (Lipinski definition) is 32. The van der Waals surface area contributed by atoms with Crippen molar-refractivity contribution >= 4 is 52.8 Å². The third kappa shape index (κ3) is 34.4. The van der Waals surface area contributed by atoms with Crippen molar-refractivity contribution in [1.29, 1.82) is 0 Å². The number of aliphatic hydroxyl groups is 1. The Morgan fingerprint density at radius 3 is 1.78 bits per heavy atom. The Hall–Kier alpha value is -6.95. The molecule has 6 aliphatic carbocycles. The summed E-state index contributed by atoms with van der Waals surface area (Å²) in [5.74, 6) is -7.42. The summed E-state index contributed by atoms with van der Waals surface area (Å²) in [5, 5.41) is 38.0. The van der Waals surface area contributed by atoms with Crippen molar-refractivity contribution in [3.8, 4) is 0 Å². The number of hydroxylamine groups is 1. The number of carbonyl (C=O) groups is 9. The maximum Gasteiger partial charge on any atom is 0.248 e. The number of ether oxygens (including phenoxy) is 14. The monoisotopic (exact) mass is 1950 g/mol. The van der Waals surface area contributed by atoms with Gasteiger partial charge in [0, 0.05) is 61.6 Å². The average molecular weight is 1950 g/mol. The van der Waals surface area contributed by atoms with Crippen LogP contribution in [0, 0.1) is 34.5 Å². The molecule has 0 spiro atoms. The normalized spacial score (nSPS) is 25.4. The molecule has 11 N–H and O–H groups in total. The van der Waals surface area contributed by atoms with E-state index < -0.39 is 124 Å². The molecule has 780 valence electrons. The maximum absolute atomic E-state index is 18.2. The van der Waals surface area contributed by atoms with Gasteiger partial charge in [-0.25, -0.2) is 13.6 Å². The molecule has 0 aromatic heterocycles. The molecule has 9 aliphatic rings. The lowest BCUT2D eigenvalue weighted by atomic mass is 9.44. The zero-order valence-electron chi connectivity index (χ0n) is 83.1. The topological polar surface area (TPSA) is 442 Å². The molecule has 9 rings (SSSR count). The van der Waals surface area contributed by atoms with Crippen LogP contribution in [0.1, 0.15) is 183 Å². The van der Waals surface area contributed by atoms with E-state index in [4.69, 9.17) is 71.2 Å². The highest BCUT2D eigenvalue weighted by Crippen LogP contribution is 2.72. The number of nitrogens with zero attached hydrogens (tertiary/aromatic N) is 4. The van der Waals surface area contributed by atoms with Crippen LogP contribution in [0.3, 0.4) is 0 Å². The van der Waals surface area contributed by atoms with Crippen molar-refractivity contribution in [3.63, 3.8) is 0 Å². The highest BCUT2D eigenvalue weighted by molar-refractivity contribution is 6.01. The largest absolute Gasteiger partial charge is 0.390 e. The molecule has 0 aromatic rings. The lowest BCUT2D eigenvalue weighted by molar-refractivity contribution is -0.869. The van der Waals surface area contributed by atoms with Crippen LogP contribution in [0.2, 0.25) is 0 Å². The van der Waals surface area contributed by atoms with Gasteiger partial charge >= 0.3 is 0 Å². The second kappa shape index (κ2) is 59.2. The highest BCUT2D eigenvalue weighted by atomic mass is 19.1. The van der Waals surface area contributed by atoms with Crippen LogP contribution < -0.4 is 53.7 Å². The first-order chi connectivity index (χ1) is 66.0.